The van der Waals surface area contributed by atoms with Crippen molar-refractivity contribution >= 4 is 5.82 Å². The molecule has 0 spiro atoms. The maximum Gasteiger partial charge on any atom is 0.324 e. The summed E-state index contributed by atoms with van der Waals surface area (Å²) in [6.07, 6.45) is 1.63. The van der Waals surface area contributed by atoms with Crippen molar-refractivity contribution in [3.05, 3.63) is 27.4 Å². The van der Waals surface area contributed by atoms with E-state index < -0.39 is 4.92 Å². The van der Waals surface area contributed by atoms with E-state index in [9.17, 15) is 10.1 Å². The molecule has 54 valence electrons. The Bertz CT molecular complexity index is 265. The Morgan fingerprint density at radius 3 is 2.40 bits per heavy atom. The normalized spacial score (nSPS) is 9.80. The lowest BCUT2D eigenvalue weighted by Gasteiger charge is -1.90. The highest BCUT2D eigenvalue weighted by molar-refractivity contribution is 5.37. The van der Waals surface area contributed by atoms with Crippen molar-refractivity contribution in [1.82, 2.24) is 4.98 Å². The molecule has 0 saturated heterocycles. The van der Waals surface area contributed by atoms with Crippen molar-refractivity contribution in [2.75, 3.05) is 0 Å². The van der Waals surface area contributed by atoms with Gasteiger partial charge in [0.25, 0.3) is 0 Å². The van der Waals surface area contributed by atoms with Crippen LogP contribution in [0.1, 0.15) is 11.1 Å². The molecule has 0 fully saturated rings. The molecule has 0 bridgehead atoms. The first-order valence-electron chi connectivity index (χ1n) is 2.92. The number of nitro groups is 1. The van der Waals surface area contributed by atoms with Gasteiger partial charge in [0.2, 0.25) is 0 Å². The van der Waals surface area contributed by atoms with Crippen LogP contribution in [0.4, 0.5) is 5.82 Å². The average Bonchev–Trinajstić information content (AvgIpc) is 2.14. The fourth-order valence-electron chi connectivity index (χ4n) is 0.770. The zero-order valence-electron chi connectivity index (χ0n) is 5.84. The molecule has 1 N–H and O–H groups in total. The molecule has 0 aliphatic heterocycles. The van der Waals surface area contributed by atoms with E-state index in [0.29, 0.717) is 5.56 Å². The molecule has 4 heteroatoms. The number of nitrogens with one attached hydrogen (secondary N) is 1. The first-order valence-corrected chi connectivity index (χ1v) is 2.92. The number of aromatic amines is 1. The molecule has 1 aromatic rings. The van der Waals surface area contributed by atoms with Crippen LogP contribution in [-0.4, -0.2) is 9.91 Å². The second kappa shape index (κ2) is 2.13. The minimum absolute atomic E-state index is 0.0949. The highest BCUT2D eigenvalue weighted by Crippen LogP contribution is 2.17. The quantitative estimate of drug-likeness (QED) is 0.475. The predicted molar refractivity (Wildman–Crippen MR) is 36.9 cm³/mol. The number of hydrogen-bond acceptors (Lipinski definition) is 2. The molecule has 0 aliphatic rings. The second-order valence-corrected chi connectivity index (χ2v) is 2.20. The predicted octanol–water partition coefficient (Wildman–Crippen LogP) is 1.54. The Morgan fingerprint density at radius 2 is 2.20 bits per heavy atom. The van der Waals surface area contributed by atoms with Crippen LogP contribution in [0.3, 0.4) is 0 Å². The first-order chi connectivity index (χ1) is 4.63. The largest absolute Gasteiger partial charge is 0.358 e. The molecular weight excluding hydrogens is 132 g/mol. The zero-order chi connectivity index (χ0) is 7.72. The van der Waals surface area contributed by atoms with E-state index in [1.807, 2.05) is 6.92 Å². The highest BCUT2D eigenvalue weighted by atomic mass is 16.6. The lowest BCUT2D eigenvalue weighted by Crippen LogP contribution is -1.89. The van der Waals surface area contributed by atoms with Gasteiger partial charge in [-0.05, 0) is 24.3 Å². The van der Waals surface area contributed by atoms with Gasteiger partial charge < -0.3 is 10.1 Å². The smallest absolute Gasteiger partial charge is 0.324 e. The van der Waals surface area contributed by atoms with Crippen molar-refractivity contribution in [2.24, 2.45) is 0 Å². The molecule has 4 nitrogen and oxygen atoms in total. The maximum atomic E-state index is 10.2. The third-order valence-electron chi connectivity index (χ3n) is 1.55. The molecule has 0 radical (unpaired) electrons. The number of rotatable bonds is 1. The molecule has 0 saturated carbocycles. The molecule has 0 atom stereocenters. The summed E-state index contributed by atoms with van der Waals surface area (Å²) in [6.45, 7) is 3.56. The van der Waals surface area contributed by atoms with Crippen molar-refractivity contribution < 1.29 is 4.92 Å². The van der Waals surface area contributed by atoms with Gasteiger partial charge in [-0.2, -0.15) is 0 Å². The highest BCUT2D eigenvalue weighted by Gasteiger charge is 2.11. The number of aryl methyl sites for hydroxylation is 1. The monoisotopic (exact) mass is 140 g/mol. The molecule has 1 aromatic heterocycles. The summed E-state index contributed by atoms with van der Waals surface area (Å²) in [4.78, 5) is 12.4. The summed E-state index contributed by atoms with van der Waals surface area (Å²) in [5.74, 6) is 0.0949. The Labute approximate surface area is 58.0 Å². The number of H-pyrrole nitrogens is 1. The van der Waals surface area contributed by atoms with Gasteiger partial charge in [-0.15, -0.1) is 0 Å². The van der Waals surface area contributed by atoms with Crippen LogP contribution < -0.4 is 0 Å². The molecule has 0 amide bonds. The van der Waals surface area contributed by atoms with E-state index in [1.165, 1.54) is 0 Å². The van der Waals surface area contributed by atoms with E-state index in [-0.39, 0.29) is 5.82 Å². The molecule has 1 heterocycles. The number of hydrogen-bond donors (Lipinski definition) is 1. The zero-order valence-corrected chi connectivity index (χ0v) is 5.84. The summed E-state index contributed by atoms with van der Waals surface area (Å²) < 4.78 is 0. The van der Waals surface area contributed by atoms with Gasteiger partial charge in [-0.3, -0.25) is 0 Å². The van der Waals surface area contributed by atoms with E-state index in [2.05, 4.69) is 4.98 Å². The summed E-state index contributed by atoms with van der Waals surface area (Å²) in [5.41, 5.74) is 1.64. The van der Waals surface area contributed by atoms with E-state index >= 15 is 0 Å². The van der Waals surface area contributed by atoms with Crippen LogP contribution in [-0.2, 0) is 0 Å². The van der Waals surface area contributed by atoms with Crippen molar-refractivity contribution in [1.29, 1.82) is 0 Å². The van der Waals surface area contributed by atoms with Crippen molar-refractivity contribution in [3.8, 4) is 0 Å². The van der Waals surface area contributed by atoms with Crippen LogP contribution in [0.15, 0.2) is 6.20 Å². The summed E-state index contributed by atoms with van der Waals surface area (Å²) in [5, 5.41) is 10.2. The van der Waals surface area contributed by atoms with E-state index in [4.69, 9.17) is 0 Å². The van der Waals surface area contributed by atoms with Crippen LogP contribution in [0.2, 0.25) is 0 Å². The minimum atomic E-state index is -0.414. The fourth-order valence-corrected chi connectivity index (χ4v) is 0.770. The van der Waals surface area contributed by atoms with Crippen LogP contribution in [0.5, 0.6) is 0 Å². The van der Waals surface area contributed by atoms with Gasteiger partial charge in [0.15, 0.2) is 0 Å². The SMILES string of the molecule is Cc1c[nH]c([N+](=O)[O-])c1C. The van der Waals surface area contributed by atoms with Gasteiger partial charge in [-0.1, -0.05) is 0 Å². The molecule has 0 aromatic carbocycles. The topological polar surface area (TPSA) is 58.9 Å². The average molecular weight is 140 g/mol. The Kier molecular flexibility index (Phi) is 1.45. The first kappa shape index (κ1) is 6.80. The Morgan fingerprint density at radius 1 is 1.60 bits per heavy atom. The second-order valence-electron chi connectivity index (χ2n) is 2.20. The third kappa shape index (κ3) is 0.877. The van der Waals surface area contributed by atoms with E-state index in [1.54, 1.807) is 13.1 Å². The van der Waals surface area contributed by atoms with Gasteiger partial charge >= 0.3 is 5.82 Å². The van der Waals surface area contributed by atoms with Gasteiger partial charge in [0.05, 0.1) is 6.20 Å². The molecule has 0 aliphatic carbocycles. The van der Waals surface area contributed by atoms with Gasteiger partial charge in [-0.25, -0.2) is 4.98 Å². The maximum absolute atomic E-state index is 10.2. The standard InChI is InChI=1S/C6H8N2O2/c1-4-3-7-6(5(4)2)8(9)10/h3,7H,1-2H3. The molecule has 0 unspecified atom stereocenters. The van der Waals surface area contributed by atoms with Gasteiger partial charge in [0.1, 0.15) is 0 Å². The molecule has 10 heavy (non-hydrogen) atoms. The van der Waals surface area contributed by atoms with Crippen LogP contribution in [0.25, 0.3) is 0 Å². The number of aromatic nitrogens is 1. The van der Waals surface area contributed by atoms with Crippen molar-refractivity contribution in [2.45, 2.75) is 13.8 Å². The summed E-state index contributed by atoms with van der Waals surface area (Å²) >= 11 is 0. The lowest BCUT2D eigenvalue weighted by atomic mass is 10.2. The molecular formula is C6H8N2O2. The Hall–Kier alpha value is -1.32. The van der Waals surface area contributed by atoms with Crippen LogP contribution in [0, 0.1) is 24.0 Å². The number of nitrogens with zero attached hydrogens (tertiary/aromatic N) is 1. The summed E-state index contributed by atoms with van der Waals surface area (Å²) in [6, 6.07) is 0. The third-order valence-corrected chi connectivity index (χ3v) is 1.55. The summed E-state index contributed by atoms with van der Waals surface area (Å²) in [7, 11) is 0. The minimum Gasteiger partial charge on any atom is -0.358 e. The molecule has 1 rings (SSSR count). The van der Waals surface area contributed by atoms with Crippen molar-refractivity contribution in [3.63, 3.8) is 0 Å². The van der Waals surface area contributed by atoms with Gasteiger partial charge in [0, 0.05) is 5.56 Å². The van der Waals surface area contributed by atoms with Crippen LogP contribution >= 0.6 is 0 Å². The Balaban J connectivity index is 3.17. The lowest BCUT2D eigenvalue weighted by molar-refractivity contribution is -0.389. The van der Waals surface area contributed by atoms with E-state index in [0.717, 1.165) is 5.56 Å². The fraction of sp³-hybridized carbons (Fsp3) is 0.333.